The number of carboxylic acids is 1. The third-order valence-electron chi connectivity index (χ3n) is 13.4. The average Bonchev–Trinajstić information content (AvgIpc) is 3.85. The number of methoxy groups -OCH3 is 1. The molecule has 4 aliphatic rings. The number of aliphatic carboxylic acids is 1. The van der Waals surface area contributed by atoms with Gasteiger partial charge in [0.15, 0.2) is 11.5 Å². The fourth-order valence-electron chi connectivity index (χ4n) is 10.0. The molecule has 0 bridgehead atoms. The smallest absolute Gasteiger partial charge is 0.313 e. The molecule has 366 valence electrons. The minimum atomic E-state index is -0.865. The highest BCUT2D eigenvalue weighted by Crippen LogP contribution is 2.42. The van der Waals surface area contributed by atoms with E-state index in [9.17, 15) is 19.5 Å². The Morgan fingerprint density at radius 3 is 2.17 bits per heavy atom. The summed E-state index contributed by atoms with van der Waals surface area (Å²) in [5, 5.41) is 9.61. The highest BCUT2D eigenvalue weighted by Gasteiger charge is 2.39. The van der Waals surface area contributed by atoms with E-state index in [1.165, 1.54) is 17.3 Å². The van der Waals surface area contributed by atoms with Gasteiger partial charge in [-0.15, -0.1) is 11.8 Å². The Bertz CT molecular complexity index is 2790. The van der Waals surface area contributed by atoms with Crippen LogP contribution in [0.25, 0.3) is 0 Å². The number of rotatable bonds is 21. The summed E-state index contributed by atoms with van der Waals surface area (Å²) in [6.45, 7) is 11.6. The molecule has 0 radical (unpaired) electrons. The van der Waals surface area contributed by atoms with Crippen molar-refractivity contribution in [1.82, 2.24) is 0 Å². The van der Waals surface area contributed by atoms with Crippen LogP contribution >= 0.6 is 11.8 Å². The number of carbonyl (C=O) groups is 3. The summed E-state index contributed by atoms with van der Waals surface area (Å²) in [4.78, 5) is 50.9. The van der Waals surface area contributed by atoms with Crippen molar-refractivity contribution in [2.24, 2.45) is 4.99 Å². The van der Waals surface area contributed by atoms with Crippen molar-refractivity contribution in [1.29, 1.82) is 0 Å². The Labute approximate surface area is 414 Å². The van der Waals surface area contributed by atoms with E-state index in [0.717, 1.165) is 70.6 Å². The van der Waals surface area contributed by atoms with Crippen LogP contribution in [-0.4, -0.2) is 98.3 Å². The third kappa shape index (κ3) is 10.7. The number of hydrogen-bond acceptors (Lipinski definition) is 11. The van der Waals surface area contributed by atoms with Gasteiger partial charge < -0.3 is 38.6 Å². The minimum Gasteiger partial charge on any atom is -0.493 e. The Balaban J connectivity index is 1.00. The Kier molecular flexibility index (Phi) is 14.8. The van der Waals surface area contributed by atoms with E-state index in [2.05, 4.69) is 56.0 Å². The quantitative estimate of drug-likeness (QED) is 0.0704. The number of hydrogen-bond donors (Lipinski definition) is 1. The molecule has 2 amide bonds. The van der Waals surface area contributed by atoms with Gasteiger partial charge in [0.25, 0.3) is 11.8 Å². The Hall–Kier alpha value is -6.35. The molecule has 0 saturated carbocycles. The summed E-state index contributed by atoms with van der Waals surface area (Å²) < 4.78 is 30.5. The molecule has 0 saturated heterocycles. The molecule has 0 aromatic heterocycles. The maximum Gasteiger partial charge on any atom is 0.313 e. The number of thioether (sulfide) groups is 1. The Morgan fingerprint density at radius 1 is 0.786 bits per heavy atom. The van der Waals surface area contributed by atoms with E-state index in [1.807, 2.05) is 83.6 Å². The maximum absolute atomic E-state index is 14.2. The van der Waals surface area contributed by atoms with Crippen LogP contribution in [0.5, 0.6) is 17.2 Å². The number of aliphatic imine (C=N–C) groups is 1. The van der Waals surface area contributed by atoms with Gasteiger partial charge in [-0.3, -0.25) is 24.3 Å². The van der Waals surface area contributed by atoms with Crippen LogP contribution in [0.1, 0.15) is 87.7 Å². The molecular formula is C56H62N4O9S. The zero-order valence-corrected chi connectivity index (χ0v) is 41.5. The SMILES string of the molecule is CCCOCCOCCN(CC(C)(C)SCC(=O)O)c1cc(COc2cc3c(cc2C)C(=O)N2c4ccccc4C[C@@H]2C=N3)cc(COc2cc3c(cc2OC)C(=O)N2c4ccccc4C[C@H]2CC3)c1. The second kappa shape index (κ2) is 21.3. The monoisotopic (exact) mass is 966 g/mol. The van der Waals surface area contributed by atoms with Gasteiger partial charge in [-0.2, -0.15) is 0 Å². The minimum absolute atomic E-state index is 0.0268. The predicted molar refractivity (Wildman–Crippen MR) is 276 cm³/mol. The van der Waals surface area contributed by atoms with Crippen molar-refractivity contribution >= 4 is 58.5 Å². The van der Waals surface area contributed by atoms with Crippen LogP contribution in [-0.2, 0) is 46.7 Å². The molecule has 5 aromatic rings. The van der Waals surface area contributed by atoms with Gasteiger partial charge in [-0.05, 0) is 128 Å². The fourth-order valence-corrected chi connectivity index (χ4v) is 10.8. The van der Waals surface area contributed by atoms with Gasteiger partial charge in [0.05, 0.1) is 50.0 Å². The van der Waals surface area contributed by atoms with Crippen molar-refractivity contribution < 1.29 is 43.2 Å². The molecule has 2 atom stereocenters. The lowest BCUT2D eigenvalue weighted by molar-refractivity contribution is -0.133. The molecule has 1 N–H and O–H groups in total. The van der Waals surface area contributed by atoms with Crippen LogP contribution in [0.4, 0.5) is 22.7 Å². The highest BCUT2D eigenvalue weighted by molar-refractivity contribution is 8.01. The number of aryl methyl sites for hydroxylation is 2. The van der Waals surface area contributed by atoms with Crippen LogP contribution in [0.3, 0.4) is 0 Å². The van der Waals surface area contributed by atoms with E-state index >= 15 is 0 Å². The number of carboxylic acid groups (broad SMARTS) is 1. The van der Waals surface area contributed by atoms with Crippen molar-refractivity contribution in [2.75, 3.05) is 67.1 Å². The summed E-state index contributed by atoms with van der Waals surface area (Å²) in [5.41, 5.74) is 10.3. The van der Waals surface area contributed by atoms with E-state index in [-0.39, 0.29) is 42.9 Å². The topological polar surface area (TPSA) is 140 Å². The zero-order chi connectivity index (χ0) is 48.9. The van der Waals surface area contributed by atoms with Crippen molar-refractivity contribution in [2.45, 2.75) is 89.8 Å². The number of carbonyl (C=O) groups excluding carboxylic acids is 2. The molecule has 0 spiro atoms. The molecule has 4 aliphatic heterocycles. The lowest BCUT2D eigenvalue weighted by atomic mass is 9.99. The van der Waals surface area contributed by atoms with Crippen LogP contribution in [0.15, 0.2) is 96.0 Å². The first-order valence-corrected chi connectivity index (χ1v) is 25.3. The standard InChI is InChI=1S/C56H62N4O9S/c1-6-18-66-20-21-67-19-17-58(35-56(3,4)70-34-53(61)62)43-24-37(32-68-50-30-47-46(22-36(50)2)55(64)60-44(31-57-47)27-41-12-8-10-14-49(41)60)23-38(25-43)33-69-52-28-39-15-16-42-26-40-11-7-9-13-48(40)59(42)54(63)45(39)29-51(52)65-5/h7-14,22-25,28-31,42,44H,6,15-21,26-27,32-35H2,1-5H3,(H,61,62)/t42-,44-/m1/s1. The second-order valence-corrected chi connectivity index (χ2v) is 20.7. The summed E-state index contributed by atoms with van der Waals surface area (Å²) in [5.74, 6) is 0.629. The van der Waals surface area contributed by atoms with E-state index in [4.69, 9.17) is 28.7 Å². The lowest BCUT2D eigenvalue weighted by Gasteiger charge is -2.34. The van der Waals surface area contributed by atoms with Gasteiger partial charge in [0, 0.05) is 71.8 Å². The van der Waals surface area contributed by atoms with Crippen LogP contribution in [0.2, 0.25) is 0 Å². The first-order chi connectivity index (χ1) is 33.9. The lowest BCUT2D eigenvalue weighted by Crippen LogP contribution is -2.39. The summed E-state index contributed by atoms with van der Waals surface area (Å²) >= 11 is 1.39. The normalized spacial score (nSPS) is 16.6. The highest BCUT2D eigenvalue weighted by atomic mass is 32.2. The van der Waals surface area contributed by atoms with E-state index in [0.29, 0.717) is 80.0 Å². The number of nitrogens with zero attached hydrogens (tertiary/aromatic N) is 4. The molecule has 5 aromatic carbocycles. The predicted octanol–water partition coefficient (Wildman–Crippen LogP) is 9.81. The molecule has 9 rings (SSSR count). The van der Waals surface area contributed by atoms with E-state index < -0.39 is 10.7 Å². The number of benzene rings is 5. The fraction of sp³-hybridized carbons (Fsp3) is 0.393. The number of amides is 2. The number of para-hydroxylation sites is 2. The second-order valence-electron chi connectivity index (χ2n) is 19.0. The number of ether oxygens (including phenoxy) is 5. The first kappa shape index (κ1) is 48.7. The maximum atomic E-state index is 14.2. The molecule has 70 heavy (non-hydrogen) atoms. The van der Waals surface area contributed by atoms with Crippen molar-refractivity contribution in [3.05, 3.63) is 136 Å². The molecule has 13 nitrogen and oxygen atoms in total. The molecule has 0 aliphatic carbocycles. The van der Waals surface area contributed by atoms with Gasteiger partial charge in [-0.25, -0.2) is 0 Å². The first-order valence-electron chi connectivity index (χ1n) is 24.3. The van der Waals surface area contributed by atoms with Crippen LogP contribution in [0, 0.1) is 6.92 Å². The number of anilines is 3. The van der Waals surface area contributed by atoms with Gasteiger partial charge >= 0.3 is 5.97 Å². The van der Waals surface area contributed by atoms with Crippen molar-refractivity contribution in [3.63, 3.8) is 0 Å². The summed E-state index contributed by atoms with van der Waals surface area (Å²) in [7, 11) is 1.59. The molecular weight excluding hydrogens is 905 g/mol. The molecule has 14 heteroatoms. The third-order valence-corrected chi connectivity index (χ3v) is 14.7. The van der Waals surface area contributed by atoms with Gasteiger partial charge in [0.1, 0.15) is 19.0 Å². The van der Waals surface area contributed by atoms with Crippen LogP contribution < -0.4 is 28.9 Å². The Morgan fingerprint density at radius 2 is 1.46 bits per heavy atom. The largest absolute Gasteiger partial charge is 0.493 e. The van der Waals surface area contributed by atoms with Gasteiger partial charge in [-0.1, -0.05) is 43.3 Å². The zero-order valence-electron chi connectivity index (χ0n) is 40.7. The van der Waals surface area contributed by atoms with E-state index in [1.54, 1.807) is 7.11 Å². The molecule has 0 unspecified atom stereocenters. The molecule has 0 fully saturated rings. The number of fused-ring (bicyclic) bond motifs is 8. The summed E-state index contributed by atoms with van der Waals surface area (Å²) in [6.07, 6.45) is 5.90. The summed E-state index contributed by atoms with van der Waals surface area (Å²) in [6, 6.07) is 29.8. The van der Waals surface area contributed by atoms with Crippen molar-refractivity contribution in [3.8, 4) is 17.2 Å². The molecule has 4 heterocycles. The average molecular weight is 967 g/mol. The van der Waals surface area contributed by atoms with Gasteiger partial charge in [0.2, 0.25) is 0 Å².